The molecule has 0 spiro atoms. The molecule has 168 valence electrons. The van der Waals surface area contributed by atoms with Crippen molar-refractivity contribution in [2.24, 2.45) is 5.41 Å². The van der Waals surface area contributed by atoms with Crippen LogP contribution in [0.4, 0.5) is 0 Å². The number of carboxylic acids is 1. The van der Waals surface area contributed by atoms with Crippen molar-refractivity contribution in [2.45, 2.75) is 58.3 Å². The minimum atomic E-state index is -0.953. The molecule has 1 saturated carbocycles. The summed E-state index contributed by atoms with van der Waals surface area (Å²) in [5, 5.41) is 10.6. The van der Waals surface area contributed by atoms with Crippen LogP contribution in [0.3, 0.4) is 0 Å². The SMILES string of the molecule is COc1ccc(-c2[nH]c3cc(C(=O)O)ccc3c2C2(C(C)(C)C)CCCCC2)c(C=O)c1. The van der Waals surface area contributed by atoms with E-state index < -0.39 is 5.97 Å². The normalized spacial score (nSPS) is 16.1. The van der Waals surface area contributed by atoms with E-state index in [0.29, 0.717) is 11.3 Å². The van der Waals surface area contributed by atoms with Crippen LogP contribution in [0.2, 0.25) is 0 Å². The number of methoxy groups -OCH3 is 1. The summed E-state index contributed by atoms with van der Waals surface area (Å²) in [4.78, 5) is 27.2. The molecule has 1 fully saturated rings. The molecule has 3 aromatic rings. The fourth-order valence-corrected chi connectivity index (χ4v) is 5.55. The van der Waals surface area contributed by atoms with Gasteiger partial charge in [0.1, 0.15) is 5.75 Å². The molecule has 4 rings (SSSR count). The van der Waals surface area contributed by atoms with Crippen LogP contribution >= 0.6 is 0 Å². The molecule has 0 aliphatic heterocycles. The molecule has 5 nitrogen and oxygen atoms in total. The third kappa shape index (κ3) is 3.50. The number of fused-ring (bicyclic) bond motifs is 1. The smallest absolute Gasteiger partial charge is 0.335 e. The maximum Gasteiger partial charge on any atom is 0.335 e. The van der Waals surface area contributed by atoms with E-state index in [2.05, 4.69) is 25.8 Å². The van der Waals surface area contributed by atoms with E-state index in [4.69, 9.17) is 4.74 Å². The summed E-state index contributed by atoms with van der Waals surface area (Å²) < 4.78 is 5.33. The summed E-state index contributed by atoms with van der Waals surface area (Å²) in [6.07, 6.45) is 6.51. The molecule has 0 atom stereocenters. The Hall–Kier alpha value is -3.08. The molecular formula is C27H31NO4. The van der Waals surface area contributed by atoms with Gasteiger partial charge in [-0.2, -0.15) is 0 Å². The van der Waals surface area contributed by atoms with E-state index >= 15 is 0 Å². The number of aromatic amines is 1. The van der Waals surface area contributed by atoms with Gasteiger partial charge in [-0.15, -0.1) is 0 Å². The number of carboxylic acid groups (broad SMARTS) is 1. The second kappa shape index (κ2) is 8.12. The van der Waals surface area contributed by atoms with E-state index in [1.165, 1.54) is 12.0 Å². The van der Waals surface area contributed by atoms with Crippen molar-refractivity contribution >= 4 is 23.2 Å². The number of aldehydes is 1. The zero-order valence-corrected chi connectivity index (χ0v) is 19.2. The zero-order chi connectivity index (χ0) is 23.1. The maximum absolute atomic E-state index is 12.0. The minimum Gasteiger partial charge on any atom is -0.497 e. The summed E-state index contributed by atoms with van der Waals surface area (Å²) in [5.74, 6) is -0.323. The van der Waals surface area contributed by atoms with Gasteiger partial charge in [-0.25, -0.2) is 4.79 Å². The molecule has 2 aromatic carbocycles. The summed E-state index contributed by atoms with van der Waals surface area (Å²) >= 11 is 0. The molecule has 2 N–H and O–H groups in total. The van der Waals surface area contributed by atoms with Gasteiger partial charge >= 0.3 is 5.97 Å². The number of H-pyrrole nitrogens is 1. The van der Waals surface area contributed by atoms with Crippen LogP contribution in [0, 0.1) is 5.41 Å². The molecule has 0 saturated heterocycles. The van der Waals surface area contributed by atoms with Gasteiger partial charge in [0.2, 0.25) is 0 Å². The Bertz CT molecular complexity index is 1180. The number of nitrogens with one attached hydrogen (secondary N) is 1. The van der Waals surface area contributed by atoms with Crippen molar-refractivity contribution in [1.29, 1.82) is 0 Å². The topological polar surface area (TPSA) is 79.4 Å². The third-order valence-corrected chi connectivity index (χ3v) is 7.32. The quantitative estimate of drug-likeness (QED) is 0.444. The first-order valence-corrected chi connectivity index (χ1v) is 11.2. The monoisotopic (exact) mass is 433 g/mol. The van der Waals surface area contributed by atoms with Gasteiger partial charge in [0.05, 0.1) is 18.4 Å². The fourth-order valence-electron chi connectivity index (χ4n) is 5.55. The van der Waals surface area contributed by atoms with Crippen LogP contribution in [0.25, 0.3) is 22.2 Å². The first-order valence-electron chi connectivity index (χ1n) is 11.2. The highest BCUT2D eigenvalue weighted by Crippen LogP contribution is 2.56. The van der Waals surface area contributed by atoms with E-state index in [0.717, 1.165) is 54.1 Å². The number of carbonyl (C=O) groups excluding carboxylic acids is 1. The number of benzene rings is 2. The lowest BCUT2D eigenvalue weighted by Gasteiger charge is -2.48. The molecule has 5 heteroatoms. The molecule has 0 unspecified atom stereocenters. The lowest BCUT2D eigenvalue weighted by Crippen LogP contribution is -2.42. The number of hydrogen-bond acceptors (Lipinski definition) is 3. The van der Waals surface area contributed by atoms with Crippen LogP contribution < -0.4 is 4.74 Å². The average molecular weight is 434 g/mol. The Morgan fingerprint density at radius 1 is 1.09 bits per heavy atom. The first kappa shape index (κ1) is 22.1. The van der Waals surface area contributed by atoms with Crippen LogP contribution in [0.1, 0.15) is 79.2 Å². The summed E-state index contributed by atoms with van der Waals surface area (Å²) in [6, 6.07) is 10.9. The highest BCUT2D eigenvalue weighted by Gasteiger charge is 2.47. The number of hydrogen-bond donors (Lipinski definition) is 2. The van der Waals surface area contributed by atoms with Gasteiger partial charge in [0, 0.05) is 27.4 Å². The minimum absolute atomic E-state index is 0.0173. The van der Waals surface area contributed by atoms with E-state index in [9.17, 15) is 14.7 Å². The summed E-state index contributed by atoms with van der Waals surface area (Å²) in [5.41, 5.74) is 4.40. The second-order valence-corrected chi connectivity index (χ2v) is 9.90. The Morgan fingerprint density at radius 3 is 2.41 bits per heavy atom. The highest BCUT2D eigenvalue weighted by atomic mass is 16.5. The number of carbonyl (C=O) groups is 2. The van der Waals surface area contributed by atoms with Gasteiger partial charge < -0.3 is 14.8 Å². The zero-order valence-electron chi connectivity index (χ0n) is 19.2. The van der Waals surface area contributed by atoms with Crippen LogP contribution in [0.15, 0.2) is 36.4 Å². The van der Waals surface area contributed by atoms with Crippen molar-refractivity contribution in [3.05, 3.63) is 53.1 Å². The van der Waals surface area contributed by atoms with Crippen LogP contribution in [-0.2, 0) is 5.41 Å². The van der Waals surface area contributed by atoms with Crippen molar-refractivity contribution < 1.29 is 19.4 Å². The van der Waals surface area contributed by atoms with Gasteiger partial charge in [0.25, 0.3) is 0 Å². The Labute approximate surface area is 188 Å². The molecular weight excluding hydrogens is 402 g/mol. The van der Waals surface area contributed by atoms with Crippen molar-refractivity contribution in [3.63, 3.8) is 0 Å². The molecule has 1 heterocycles. The van der Waals surface area contributed by atoms with Crippen LogP contribution in [0.5, 0.6) is 5.75 Å². The molecule has 0 radical (unpaired) electrons. The predicted molar refractivity (Wildman–Crippen MR) is 127 cm³/mol. The molecule has 1 aliphatic carbocycles. The van der Waals surface area contributed by atoms with Gasteiger partial charge in [0.15, 0.2) is 6.29 Å². The lowest BCUT2D eigenvalue weighted by atomic mass is 9.55. The number of rotatable bonds is 5. The Balaban J connectivity index is 2.09. The average Bonchev–Trinajstić information content (AvgIpc) is 3.17. The third-order valence-electron chi connectivity index (χ3n) is 7.32. The van der Waals surface area contributed by atoms with E-state index in [1.807, 2.05) is 18.2 Å². The van der Waals surface area contributed by atoms with Crippen molar-refractivity contribution in [3.8, 4) is 17.0 Å². The van der Waals surface area contributed by atoms with Crippen molar-refractivity contribution in [1.82, 2.24) is 4.98 Å². The summed E-state index contributed by atoms with van der Waals surface area (Å²) in [6.45, 7) is 6.88. The second-order valence-electron chi connectivity index (χ2n) is 9.90. The maximum atomic E-state index is 12.0. The molecule has 1 aromatic heterocycles. The molecule has 0 bridgehead atoms. The van der Waals surface area contributed by atoms with Gasteiger partial charge in [-0.1, -0.05) is 46.1 Å². The number of aromatic carboxylic acids is 1. The number of ether oxygens (including phenoxy) is 1. The molecule has 32 heavy (non-hydrogen) atoms. The highest BCUT2D eigenvalue weighted by molar-refractivity contribution is 6.00. The largest absolute Gasteiger partial charge is 0.497 e. The van der Waals surface area contributed by atoms with Gasteiger partial charge in [-0.05, 0) is 54.2 Å². The fraction of sp³-hybridized carbons (Fsp3) is 0.407. The molecule has 1 aliphatic rings. The first-order chi connectivity index (χ1) is 15.2. The van der Waals surface area contributed by atoms with E-state index in [1.54, 1.807) is 25.3 Å². The Kier molecular flexibility index (Phi) is 5.61. The predicted octanol–water partition coefficient (Wildman–Crippen LogP) is 6.60. The standard InChI is InChI=1S/C27H31NO4/c1-26(2,3)27(12-6-5-7-13-27)23-21-10-8-17(25(30)31)15-22(21)28-24(23)20-11-9-19(32-4)14-18(20)16-29/h8-11,14-16,28H,5-7,12-13H2,1-4H3,(H,30,31). The lowest BCUT2D eigenvalue weighted by molar-refractivity contribution is 0.0697. The van der Waals surface area contributed by atoms with Crippen molar-refractivity contribution in [2.75, 3.05) is 7.11 Å². The Morgan fingerprint density at radius 2 is 1.81 bits per heavy atom. The van der Waals surface area contributed by atoms with Gasteiger partial charge in [-0.3, -0.25) is 4.79 Å². The summed E-state index contributed by atoms with van der Waals surface area (Å²) in [7, 11) is 1.59. The number of aromatic nitrogens is 1. The van der Waals surface area contributed by atoms with Crippen LogP contribution in [-0.4, -0.2) is 29.5 Å². The van der Waals surface area contributed by atoms with E-state index in [-0.39, 0.29) is 16.4 Å². The molecule has 0 amide bonds.